The highest BCUT2D eigenvalue weighted by Crippen LogP contribution is 2.27. The molecule has 136 valence electrons. The first-order valence-electron chi connectivity index (χ1n) is 8.92. The lowest BCUT2D eigenvalue weighted by Gasteiger charge is -1.95. The standard InChI is InChI=1S/C22H17N5O/c1-27-11-10-23-21(27)9-8-19-16-7-6-14(13-20(16)26-25-19)12-17-15-4-2-3-5-18(15)24-22(17)28/h2-13,24,28H,1H3/b9-8+,14-12+. The fraction of sp³-hybridized carbons (Fsp3) is 0.0455. The molecule has 0 bridgehead atoms. The highest BCUT2D eigenvalue weighted by molar-refractivity contribution is 5.91. The normalized spacial score (nSPS) is 13.9. The minimum Gasteiger partial charge on any atom is -0.494 e. The zero-order valence-electron chi connectivity index (χ0n) is 15.2. The molecule has 6 heteroatoms. The van der Waals surface area contributed by atoms with Crippen LogP contribution in [0.5, 0.6) is 5.88 Å². The Balaban J connectivity index is 1.57. The Morgan fingerprint density at radius 3 is 2.82 bits per heavy atom. The molecular formula is C22H17N5O. The third kappa shape index (κ3) is 2.72. The molecule has 0 aliphatic carbocycles. The second-order valence-corrected chi connectivity index (χ2v) is 6.67. The first kappa shape index (κ1) is 16.3. The molecule has 3 heterocycles. The van der Waals surface area contributed by atoms with Gasteiger partial charge in [0.25, 0.3) is 0 Å². The number of nitrogens with zero attached hydrogens (tertiary/aromatic N) is 4. The summed E-state index contributed by atoms with van der Waals surface area (Å²) in [4.78, 5) is 7.28. The zero-order chi connectivity index (χ0) is 19.1. The van der Waals surface area contributed by atoms with E-state index in [2.05, 4.69) is 20.2 Å². The Bertz CT molecular complexity index is 1390. The zero-order valence-corrected chi connectivity index (χ0v) is 15.2. The van der Waals surface area contributed by atoms with Crippen LogP contribution >= 0.6 is 0 Å². The highest BCUT2D eigenvalue weighted by atomic mass is 16.3. The van der Waals surface area contributed by atoms with Gasteiger partial charge in [-0.05, 0) is 41.6 Å². The van der Waals surface area contributed by atoms with Crippen LogP contribution in [0.4, 0.5) is 5.69 Å². The molecule has 0 saturated carbocycles. The van der Waals surface area contributed by atoms with Gasteiger partial charge in [-0.15, -0.1) is 10.2 Å². The molecule has 28 heavy (non-hydrogen) atoms. The molecule has 0 amide bonds. The van der Waals surface area contributed by atoms with E-state index in [1.54, 1.807) is 6.20 Å². The van der Waals surface area contributed by atoms with Crippen LogP contribution in [-0.2, 0) is 7.05 Å². The lowest BCUT2D eigenvalue weighted by atomic mass is 10.1. The number of aromatic hydroxyl groups is 1. The van der Waals surface area contributed by atoms with E-state index in [4.69, 9.17) is 0 Å². The van der Waals surface area contributed by atoms with Gasteiger partial charge in [-0.25, -0.2) is 4.98 Å². The lowest BCUT2D eigenvalue weighted by molar-refractivity contribution is 0.457. The number of imidazole rings is 1. The van der Waals surface area contributed by atoms with Crippen molar-refractivity contribution in [1.29, 1.82) is 0 Å². The molecule has 2 N–H and O–H groups in total. The molecule has 2 aromatic heterocycles. The van der Waals surface area contributed by atoms with Gasteiger partial charge >= 0.3 is 0 Å². The van der Waals surface area contributed by atoms with Crippen LogP contribution in [0.1, 0.15) is 11.4 Å². The third-order valence-electron chi connectivity index (χ3n) is 4.85. The topological polar surface area (TPSA) is 78.6 Å². The number of hydrogen-bond acceptors (Lipinski definition) is 4. The van der Waals surface area contributed by atoms with Crippen molar-refractivity contribution in [3.05, 3.63) is 82.8 Å². The average Bonchev–Trinajstić information content (AvgIpc) is 3.38. The molecule has 0 atom stereocenters. The van der Waals surface area contributed by atoms with Crippen molar-refractivity contribution in [2.24, 2.45) is 17.3 Å². The first-order valence-corrected chi connectivity index (χ1v) is 8.92. The molecule has 0 unspecified atom stereocenters. The number of fused-ring (bicyclic) bond motifs is 2. The van der Waals surface area contributed by atoms with Gasteiger partial charge in [0.1, 0.15) is 5.82 Å². The van der Waals surface area contributed by atoms with Crippen molar-refractivity contribution in [2.45, 2.75) is 0 Å². The van der Waals surface area contributed by atoms with E-state index < -0.39 is 0 Å². The highest BCUT2D eigenvalue weighted by Gasteiger charge is 2.09. The Morgan fingerprint density at radius 1 is 1.07 bits per heavy atom. The number of aromatic amines is 1. The van der Waals surface area contributed by atoms with E-state index in [9.17, 15) is 5.11 Å². The second-order valence-electron chi connectivity index (χ2n) is 6.67. The quantitative estimate of drug-likeness (QED) is 0.582. The first-order chi connectivity index (χ1) is 13.7. The molecule has 1 aliphatic heterocycles. The molecule has 4 aromatic rings. The third-order valence-corrected chi connectivity index (χ3v) is 4.85. The van der Waals surface area contributed by atoms with Crippen LogP contribution in [0, 0.1) is 0 Å². The molecule has 0 saturated heterocycles. The average molecular weight is 367 g/mol. The fourth-order valence-corrected chi connectivity index (χ4v) is 3.38. The number of hydrogen-bond donors (Lipinski definition) is 2. The summed E-state index contributed by atoms with van der Waals surface area (Å²) in [6.45, 7) is 0. The molecule has 0 spiro atoms. The number of benzene rings is 2. The molecule has 2 aromatic carbocycles. The van der Waals surface area contributed by atoms with Crippen LogP contribution in [0.3, 0.4) is 0 Å². The van der Waals surface area contributed by atoms with Gasteiger partial charge in [-0.1, -0.05) is 24.3 Å². The fourth-order valence-electron chi connectivity index (χ4n) is 3.38. The Kier molecular flexibility index (Phi) is 3.69. The summed E-state index contributed by atoms with van der Waals surface area (Å²) in [5.74, 6) is 1.02. The van der Waals surface area contributed by atoms with Crippen LogP contribution in [0.15, 0.2) is 71.2 Å². The number of H-pyrrole nitrogens is 1. The molecule has 0 fully saturated rings. The Hall–Kier alpha value is -3.93. The predicted molar refractivity (Wildman–Crippen MR) is 109 cm³/mol. The SMILES string of the molecule is Cn1ccnc1/C=C/C1=c2cc/c(=C\c3c(O)[nH]c4ccccc34)cc2N=N1. The van der Waals surface area contributed by atoms with E-state index in [1.807, 2.05) is 78.5 Å². The van der Waals surface area contributed by atoms with E-state index in [1.165, 1.54) is 0 Å². The van der Waals surface area contributed by atoms with Gasteiger partial charge in [0.05, 0.1) is 11.4 Å². The summed E-state index contributed by atoms with van der Waals surface area (Å²) in [5, 5.41) is 21.8. The smallest absolute Gasteiger partial charge is 0.196 e. The summed E-state index contributed by atoms with van der Waals surface area (Å²) in [7, 11) is 1.95. The van der Waals surface area contributed by atoms with Crippen molar-refractivity contribution in [2.75, 3.05) is 0 Å². The Morgan fingerprint density at radius 2 is 1.96 bits per heavy atom. The number of aryl methyl sites for hydroxylation is 1. The van der Waals surface area contributed by atoms with Gasteiger partial charge in [0.15, 0.2) is 5.88 Å². The van der Waals surface area contributed by atoms with E-state index >= 15 is 0 Å². The maximum atomic E-state index is 10.3. The number of aromatic nitrogens is 3. The number of para-hydroxylation sites is 1. The van der Waals surface area contributed by atoms with E-state index in [0.29, 0.717) is 0 Å². The van der Waals surface area contributed by atoms with Crippen molar-refractivity contribution in [3.63, 3.8) is 0 Å². The van der Waals surface area contributed by atoms with Crippen molar-refractivity contribution >= 4 is 34.4 Å². The van der Waals surface area contributed by atoms with Crippen molar-refractivity contribution in [1.82, 2.24) is 14.5 Å². The van der Waals surface area contributed by atoms with E-state index in [-0.39, 0.29) is 5.88 Å². The van der Waals surface area contributed by atoms with Crippen molar-refractivity contribution < 1.29 is 5.11 Å². The molecule has 5 rings (SSSR count). The minimum atomic E-state index is 0.161. The van der Waals surface area contributed by atoms with E-state index in [0.717, 1.165) is 44.1 Å². The summed E-state index contributed by atoms with van der Waals surface area (Å²) in [6, 6.07) is 13.8. The van der Waals surface area contributed by atoms with Gasteiger partial charge in [0.2, 0.25) is 0 Å². The van der Waals surface area contributed by atoms with Gasteiger partial charge in [-0.2, -0.15) is 0 Å². The van der Waals surface area contributed by atoms with Gasteiger partial charge in [0, 0.05) is 41.1 Å². The molecule has 0 radical (unpaired) electrons. The Labute approximate surface area is 160 Å². The van der Waals surface area contributed by atoms with Crippen LogP contribution < -0.4 is 10.4 Å². The number of nitrogens with one attached hydrogen (secondary N) is 1. The monoisotopic (exact) mass is 367 g/mol. The largest absolute Gasteiger partial charge is 0.494 e. The van der Waals surface area contributed by atoms with Gasteiger partial charge < -0.3 is 14.7 Å². The number of azo groups is 1. The predicted octanol–water partition coefficient (Wildman–Crippen LogP) is 3.35. The lowest BCUT2D eigenvalue weighted by Crippen LogP contribution is -2.08. The maximum Gasteiger partial charge on any atom is 0.196 e. The van der Waals surface area contributed by atoms with Gasteiger partial charge in [-0.3, -0.25) is 0 Å². The van der Waals surface area contributed by atoms with Crippen LogP contribution in [-0.4, -0.2) is 19.6 Å². The maximum absolute atomic E-state index is 10.3. The number of rotatable bonds is 3. The molecular weight excluding hydrogens is 350 g/mol. The molecule has 1 aliphatic rings. The van der Waals surface area contributed by atoms with Crippen LogP contribution in [0.25, 0.3) is 28.8 Å². The second kappa shape index (κ2) is 6.35. The van der Waals surface area contributed by atoms with Crippen LogP contribution in [0.2, 0.25) is 0 Å². The summed E-state index contributed by atoms with van der Waals surface area (Å²) < 4.78 is 1.94. The summed E-state index contributed by atoms with van der Waals surface area (Å²) >= 11 is 0. The minimum absolute atomic E-state index is 0.161. The summed E-state index contributed by atoms with van der Waals surface area (Å²) in [5.41, 5.74) is 3.29. The summed E-state index contributed by atoms with van der Waals surface area (Å²) in [6.07, 6.45) is 9.46. The molecule has 6 nitrogen and oxygen atoms in total. The van der Waals surface area contributed by atoms with Crippen molar-refractivity contribution in [3.8, 4) is 5.88 Å².